The van der Waals surface area contributed by atoms with E-state index < -0.39 is 49.4 Å². The molecule has 0 aromatic heterocycles. The smallest absolute Gasteiger partial charge is 0.303 e. The number of aliphatic hydroxyl groups excluding tert-OH is 4. The Morgan fingerprint density at radius 1 is 0.800 bits per heavy atom. The quantitative estimate of drug-likeness (QED) is 0.0932. The van der Waals surface area contributed by atoms with Crippen molar-refractivity contribution in [3.05, 3.63) is 60.8 Å². The van der Waals surface area contributed by atoms with Crippen molar-refractivity contribution in [1.82, 2.24) is 0 Å². The van der Waals surface area contributed by atoms with E-state index in [0.29, 0.717) is 6.61 Å². The SMILES string of the molecule is CC/C=C\C/C=C\C/C=C\C/C=C\C/C=C\CCCCOCC(COC1OC(CO)C(O)C(O)C1O)OC(C)=O. The molecule has 0 aromatic rings. The average Bonchev–Trinajstić information content (AvgIpc) is 2.94. The summed E-state index contributed by atoms with van der Waals surface area (Å²) in [5.41, 5.74) is 0. The monoisotopic (exact) mass is 566 g/mol. The minimum absolute atomic E-state index is 0.0959. The molecule has 9 heteroatoms. The number of carbonyl (C=O) groups excluding carboxylic acids is 1. The molecule has 0 aliphatic carbocycles. The Balaban J connectivity index is 2.15. The van der Waals surface area contributed by atoms with Gasteiger partial charge < -0.3 is 39.4 Å². The Bertz CT molecular complexity index is 788. The molecular weight excluding hydrogens is 516 g/mol. The predicted molar refractivity (Wildman–Crippen MR) is 154 cm³/mol. The normalized spacial score (nSPS) is 24.8. The Morgan fingerprint density at radius 3 is 1.93 bits per heavy atom. The second kappa shape index (κ2) is 23.6. The van der Waals surface area contributed by atoms with E-state index in [0.717, 1.165) is 51.4 Å². The van der Waals surface area contributed by atoms with Crippen LogP contribution in [0.2, 0.25) is 0 Å². The number of carbonyl (C=O) groups is 1. The number of hydrogen-bond donors (Lipinski definition) is 4. The zero-order valence-corrected chi connectivity index (χ0v) is 24.1. The summed E-state index contributed by atoms with van der Waals surface area (Å²) in [5, 5.41) is 39.1. The molecule has 9 nitrogen and oxygen atoms in total. The van der Waals surface area contributed by atoms with Gasteiger partial charge in [-0.25, -0.2) is 0 Å². The summed E-state index contributed by atoms with van der Waals surface area (Å²) in [6.07, 6.45) is 21.8. The molecule has 6 unspecified atom stereocenters. The summed E-state index contributed by atoms with van der Waals surface area (Å²) in [4.78, 5) is 11.4. The van der Waals surface area contributed by atoms with Gasteiger partial charge in [-0.2, -0.15) is 0 Å². The number of esters is 1. The highest BCUT2D eigenvalue weighted by atomic mass is 16.7. The van der Waals surface area contributed by atoms with Crippen LogP contribution in [0.5, 0.6) is 0 Å². The zero-order chi connectivity index (χ0) is 29.4. The molecule has 1 aliphatic rings. The number of hydrogen-bond acceptors (Lipinski definition) is 9. The van der Waals surface area contributed by atoms with Crippen molar-refractivity contribution in [2.45, 2.75) is 102 Å². The molecule has 0 bridgehead atoms. The lowest BCUT2D eigenvalue weighted by Crippen LogP contribution is -2.59. The maximum absolute atomic E-state index is 11.4. The minimum atomic E-state index is -1.54. The number of aliphatic hydroxyl groups is 4. The second-order valence-corrected chi connectivity index (χ2v) is 9.54. The maximum Gasteiger partial charge on any atom is 0.303 e. The zero-order valence-electron chi connectivity index (χ0n) is 24.1. The molecule has 0 saturated carbocycles. The third-order valence-electron chi connectivity index (χ3n) is 6.00. The largest absolute Gasteiger partial charge is 0.458 e. The van der Waals surface area contributed by atoms with Crippen LogP contribution < -0.4 is 0 Å². The van der Waals surface area contributed by atoms with Crippen LogP contribution in [0.15, 0.2) is 60.8 Å². The molecule has 0 radical (unpaired) electrons. The van der Waals surface area contributed by atoms with Gasteiger partial charge in [0.2, 0.25) is 0 Å². The van der Waals surface area contributed by atoms with E-state index in [1.807, 2.05) is 0 Å². The Labute approximate surface area is 239 Å². The summed E-state index contributed by atoms with van der Waals surface area (Å²) < 4.78 is 21.6. The van der Waals surface area contributed by atoms with Crippen molar-refractivity contribution in [3.8, 4) is 0 Å². The van der Waals surface area contributed by atoms with Gasteiger partial charge >= 0.3 is 5.97 Å². The first-order valence-electron chi connectivity index (χ1n) is 14.3. The highest BCUT2D eigenvalue weighted by Gasteiger charge is 2.44. The van der Waals surface area contributed by atoms with Crippen LogP contribution >= 0.6 is 0 Å². The maximum atomic E-state index is 11.4. The minimum Gasteiger partial charge on any atom is -0.458 e. The van der Waals surface area contributed by atoms with Gasteiger partial charge in [0.05, 0.1) is 19.8 Å². The van der Waals surface area contributed by atoms with Crippen molar-refractivity contribution in [2.24, 2.45) is 0 Å². The van der Waals surface area contributed by atoms with E-state index in [-0.39, 0.29) is 13.2 Å². The van der Waals surface area contributed by atoms with Crippen LogP contribution in [0, 0.1) is 0 Å². The third-order valence-corrected chi connectivity index (χ3v) is 6.00. The van der Waals surface area contributed by atoms with E-state index in [2.05, 4.69) is 67.7 Å². The molecule has 228 valence electrons. The van der Waals surface area contributed by atoms with Crippen molar-refractivity contribution in [3.63, 3.8) is 0 Å². The van der Waals surface area contributed by atoms with Gasteiger partial charge in [0.1, 0.15) is 30.5 Å². The lowest BCUT2D eigenvalue weighted by molar-refractivity contribution is -0.305. The summed E-state index contributed by atoms with van der Waals surface area (Å²) >= 11 is 0. The second-order valence-electron chi connectivity index (χ2n) is 9.54. The van der Waals surface area contributed by atoms with Crippen LogP contribution in [-0.4, -0.2) is 89.6 Å². The van der Waals surface area contributed by atoms with Crippen LogP contribution in [0.3, 0.4) is 0 Å². The van der Waals surface area contributed by atoms with Gasteiger partial charge in [0.25, 0.3) is 0 Å². The first-order chi connectivity index (χ1) is 19.4. The van der Waals surface area contributed by atoms with Crippen LogP contribution in [-0.2, 0) is 23.7 Å². The number of unbranched alkanes of at least 4 members (excludes halogenated alkanes) is 2. The van der Waals surface area contributed by atoms with Crippen molar-refractivity contribution < 1.29 is 44.2 Å². The van der Waals surface area contributed by atoms with Crippen molar-refractivity contribution in [2.75, 3.05) is 26.4 Å². The summed E-state index contributed by atoms with van der Waals surface area (Å²) in [6, 6.07) is 0. The third kappa shape index (κ3) is 16.9. The lowest BCUT2D eigenvalue weighted by atomic mass is 9.99. The Hall–Kier alpha value is -2.11. The fourth-order valence-electron chi connectivity index (χ4n) is 3.81. The molecule has 1 aliphatic heterocycles. The van der Waals surface area contributed by atoms with Crippen LogP contribution in [0.4, 0.5) is 0 Å². The fraction of sp³-hybridized carbons (Fsp3) is 0.645. The molecule has 1 saturated heterocycles. The number of rotatable bonds is 21. The number of ether oxygens (including phenoxy) is 4. The Kier molecular flexibility index (Phi) is 21.2. The highest BCUT2D eigenvalue weighted by molar-refractivity contribution is 5.66. The molecule has 1 heterocycles. The topological polar surface area (TPSA) is 135 Å². The van der Waals surface area contributed by atoms with Gasteiger partial charge in [-0.15, -0.1) is 0 Å². The average molecular weight is 567 g/mol. The van der Waals surface area contributed by atoms with Gasteiger partial charge in [0.15, 0.2) is 6.29 Å². The first-order valence-corrected chi connectivity index (χ1v) is 14.3. The fourth-order valence-corrected chi connectivity index (χ4v) is 3.81. The Morgan fingerprint density at radius 2 is 1.38 bits per heavy atom. The van der Waals surface area contributed by atoms with Gasteiger partial charge in [0, 0.05) is 13.5 Å². The summed E-state index contributed by atoms with van der Waals surface area (Å²) in [7, 11) is 0. The molecule has 1 rings (SSSR count). The van der Waals surface area contributed by atoms with E-state index in [1.54, 1.807) is 0 Å². The lowest BCUT2D eigenvalue weighted by Gasteiger charge is -2.39. The van der Waals surface area contributed by atoms with E-state index in [9.17, 15) is 25.2 Å². The first kappa shape index (κ1) is 35.9. The van der Waals surface area contributed by atoms with Gasteiger partial charge in [-0.05, 0) is 51.4 Å². The molecule has 0 spiro atoms. The van der Waals surface area contributed by atoms with Crippen LogP contribution in [0.1, 0.15) is 65.2 Å². The predicted octanol–water partition coefficient (Wildman–Crippen LogP) is 3.67. The van der Waals surface area contributed by atoms with Crippen molar-refractivity contribution in [1.29, 1.82) is 0 Å². The molecule has 1 fully saturated rings. The molecule has 40 heavy (non-hydrogen) atoms. The van der Waals surface area contributed by atoms with Crippen molar-refractivity contribution >= 4 is 5.97 Å². The van der Waals surface area contributed by atoms with E-state index in [4.69, 9.17) is 18.9 Å². The van der Waals surface area contributed by atoms with Crippen LogP contribution in [0.25, 0.3) is 0 Å². The standard InChI is InChI=1S/C31H50O9/c1-3-4-5-6-7-8-9-10-11-12-13-14-15-16-17-18-19-20-21-37-23-26(39-25(2)33)24-38-31-30(36)29(35)28(34)27(22-32)40-31/h4-5,7-8,10-11,13-14,16-17,26-32,34-36H,3,6,9,12,15,18-24H2,1-2H3/b5-4-,8-7-,11-10-,14-13-,17-16-. The highest BCUT2D eigenvalue weighted by Crippen LogP contribution is 2.22. The van der Waals surface area contributed by atoms with E-state index >= 15 is 0 Å². The van der Waals surface area contributed by atoms with E-state index in [1.165, 1.54) is 6.92 Å². The number of allylic oxidation sites excluding steroid dienone is 10. The van der Waals surface area contributed by atoms with Gasteiger partial charge in [-0.3, -0.25) is 4.79 Å². The molecule has 0 amide bonds. The van der Waals surface area contributed by atoms with Gasteiger partial charge in [-0.1, -0.05) is 67.7 Å². The summed E-state index contributed by atoms with van der Waals surface area (Å²) in [6.45, 7) is 3.29. The molecule has 0 aromatic carbocycles. The molecule has 4 N–H and O–H groups in total. The molecular formula is C31H50O9. The molecule has 6 atom stereocenters. The summed E-state index contributed by atoms with van der Waals surface area (Å²) in [5.74, 6) is -0.510.